The number of benzene rings is 1. The molecule has 2 unspecified atom stereocenters. The number of aryl methyl sites for hydroxylation is 3. The van der Waals surface area contributed by atoms with Gasteiger partial charge < -0.3 is 14.8 Å². The molecule has 0 saturated carbocycles. The molecule has 2 saturated heterocycles. The lowest BCUT2D eigenvalue weighted by atomic mass is 10.1. The third kappa shape index (κ3) is 3.96. The van der Waals surface area contributed by atoms with Crippen LogP contribution in [0.1, 0.15) is 32.3 Å². The Bertz CT molecular complexity index is 1310. The van der Waals surface area contributed by atoms with E-state index < -0.39 is 0 Å². The topological polar surface area (TPSA) is 77.1 Å². The van der Waals surface area contributed by atoms with E-state index in [2.05, 4.69) is 24.1 Å². The molecule has 4 heterocycles. The van der Waals surface area contributed by atoms with E-state index >= 15 is 0 Å². The lowest BCUT2D eigenvalue weighted by molar-refractivity contribution is 0.513. The van der Waals surface area contributed by atoms with Gasteiger partial charge in [0.25, 0.3) is 5.56 Å². The van der Waals surface area contributed by atoms with Crippen LogP contribution < -0.4 is 21.5 Å². The summed E-state index contributed by atoms with van der Waals surface area (Å²) < 4.78 is 18.1. The molecule has 9 heteroatoms. The Morgan fingerprint density at radius 2 is 1.88 bits per heavy atom. The third-order valence-electron chi connectivity index (χ3n) is 7.38. The minimum Gasteiger partial charge on any atom is -0.338 e. The number of halogens is 1. The predicted molar refractivity (Wildman–Crippen MR) is 131 cm³/mol. The summed E-state index contributed by atoms with van der Waals surface area (Å²) in [6.45, 7) is 8.09. The van der Waals surface area contributed by atoms with Crippen molar-refractivity contribution in [3.8, 4) is 0 Å². The van der Waals surface area contributed by atoms with Gasteiger partial charge in [-0.2, -0.15) is 4.98 Å². The SMILES string of the molecule is CC(C)CCn1c(N2CCC3CNCC32)nc2c1c(=O)n(CCc1ccc(F)cc1)c(=O)n2C. The number of anilines is 1. The molecule has 5 rings (SSSR count). The Morgan fingerprint density at radius 1 is 1.12 bits per heavy atom. The number of hydrogen-bond donors (Lipinski definition) is 1. The standard InChI is InChI=1S/C25H33FN6O2/c1-16(2)8-11-31-21-22(28-24(31)30-13-10-18-14-27-15-20(18)30)29(3)25(34)32(23(21)33)12-9-17-4-6-19(26)7-5-17/h4-7,16,18,20,27H,8-15H2,1-3H3. The van der Waals surface area contributed by atoms with E-state index in [4.69, 9.17) is 4.98 Å². The second kappa shape index (κ2) is 9.02. The zero-order chi connectivity index (χ0) is 24.0. The fourth-order valence-electron chi connectivity index (χ4n) is 5.37. The van der Waals surface area contributed by atoms with Crippen molar-refractivity contribution in [1.29, 1.82) is 0 Å². The van der Waals surface area contributed by atoms with Crippen LogP contribution in [0, 0.1) is 17.7 Å². The Kier molecular flexibility index (Phi) is 6.06. The average Bonchev–Trinajstić information content (AvgIpc) is 3.51. The molecular weight excluding hydrogens is 435 g/mol. The maximum atomic E-state index is 13.7. The van der Waals surface area contributed by atoms with Crippen LogP contribution in [-0.4, -0.2) is 44.4 Å². The van der Waals surface area contributed by atoms with Crippen molar-refractivity contribution < 1.29 is 4.39 Å². The van der Waals surface area contributed by atoms with Gasteiger partial charge in [-0.05, 0) is 48.8 Å². The Morgan fingerprint density at radius 3 is 2.62 bits per heavy atom. The maximum Gasteiger partial charge on any atom is 0.332 e. The molecule has 8 nitrogen and oxygen atoms in total. The normalized spacial score (nSPS) is 20.1. The minimum absolute atomic E-state index is 0.232. The van der Waals surface area contributed by atoms with Crippen molar-refractivity contribution in [1.82, 2.24) is 24.0 Å². The molecule has 0 amide bonds. The van der Waals surface area contributed by atoms with E-state index in [1.165, 1.54) is 21.3 Å². The molecule has 2 aliphatic heterocycles. The van der Waals surface area contributed by atoms with Crippen LogP contribution in [0.5, 0.6) is 0 Å². The Balaban J connectivity index is 1.60. The molecule has 1 N–H and O–H groups in total. The first-order valence-electron chi connectivity index (χ1n) is 12.3. The highest BCUT2D eigenvalue weighted by Gasteiger charge is 2.40. The largest absolute Gasteiger partial charge is 0.338 e. The summed E-state index contributed by atoms with van der Waals surface area (Å²) in [6.07, 6.45) is 2.48. The first kappa shape index (κ1) is 22.8. The first-order chi connectivity index (χ1) is 16.3. The molecule has 2 aromatic heterocycles. The summed E-state index contributed by atoms with van der Waals surface area (Å²) in [4.78, 5) is 34.1. The summed E-state index contributed by atoms with van der Waals surface area (Å²) >= 11 is 0. The smallest absolute Gasteiger partial charge is 0.332 e. The van der Waals surface area contributed by atoms with Crippen molar-refractivity contribution in [3.05, 3.63) is 56.5 Å². The lowest BCUT2D eigenvalue weighted by Gasteiger charge is -2.25. The van der Waals surface area contributed by atoms with Crippen molar-refractivity contribution in [2.75, 3.05) is 24.5 Å². The van der Waals surface area contributed by atoms with Crippen LogP contribution in [0.15, 0.2) is 33.9 Å². The number of fused-ring (bicyclic) bond motifs is 2. The van der Waals surface area contributed by atoms with Crippen molar-refractivity contribution in [3.63, 3.8) is 0 Å². The van der Waals surface area contributed by atoms with Crippen LogP contribution in [0.2, 0.25) is 0 Å². The number of aromatic nitrogens is 4. The number of nitrogens with zero attached hydrogens (tertiary/aromatic N) is 5. The molecule has 2 fully saturated rings. The van der Waals surface area contributed by atoms with Gasteiger partial charge in [0.15, 0.2) is 11.2 Å². The summed E-state index contributed by atoms with van der Waals surface area (Å²) in [5.74, 6) is 1.56. The van der Waals surface area contributed by atoms with E-state index in [9.17, 15) is 14.0 Å². The van der Waals surface area contributed by atoms with E-state index in [-0.39, 0.29) is 23.6 Å². The Hall–Kier alpha value is -2.94. The van der Waals surface area contributed by atoms with Gasteiger partial charge >= 0.3 is 5.69 Å². The molecule has 2 aliphatic rings. The van der Waals surface area contributed by atoms with Gasteiger partial charge in [0.1, 0.15) is 5.82 Å². The highest BCUT2D eigenvalue weighted by molar-refractivity contribution is 5.75. The van der Waals surface area contributed by atoms with Crippen LogP contribution >= 0.6 is 0 Å². The fraction of sp³-hybridized carbons (Fsp3) is 0.560. The number of nitrogens with one attached hydrogen (secondary N) is 1. The second-order valence-corrected chi connectivity index (χ2v) is 10.1. The zero-order valence-electron chi connectivity index (χ0n) is 20.1. The molecule has 0 spiro atoms. The van der Waals surface area contributed by atoms with E-state index in [0.29, 0.717) is 42.0 Å². The van der Waals surface area contributed by atoms with E-state index in [1.807, 2.05) is 4.57 Å². The molecule has 0 aliphatic carbocycles. The number of imidazole rings is 1. The highest BCUT2D eigenvalue weighted by Crippen LogP contribution is 2.33. The maximum absolute atomic E-state index is 13.7. The van der Waals surface area contributed by atoms with Crippen molar-refractivity contribution in [2.24, 2.45) is 18.9 Å². The average molecular weight is 469 g/mol. The van der Waals surface area contributed by atoms with Gasteiger partial charge in [0, 0.05) is 45.8 Å². The lowest BCUT2D eigenvalue weighted by Crippen LogP contribution is -2.40. The monoisotopic (exact) mass is 468 g/mol. The van der Waals surface area contributed by atoms with Crippen LogP contribution in [-0.2, 0) is 26.6 Å². The van der Waals surface area contributed by atoms with Crippen molar-refractivity contribution in [2.45, 2.75) is 52.2 Å². The number of rotatable bonds is 7. The fourth-order valence-corrected chi connectivity index (χ4v) is 5.37. The van der Waals surface area contributed by atoms with Crippen molar-refractivity contribution >= 4 is 17.1 Å². The first-order valence-corrected chi connectivity index (χ1v) is 12.3. The second-order valence-electron chi connectivity index (χ2n) is 10.1. The summed E-state index contributed by atoms with van der Waals surface area (Å²) in [5, 5.41) is 3.48. The molecule has 3 aromatic rings. The zero-order valence-corrected chi connectivity index (χ0v) is 20.1. The molecule has 0 radical (unpaired) electrons. The van der Waals surface area contributed by atoms with Gasteiger partial charge in [-0.1, -0.05) is 26.0 Å². The highest BCUT2D eigenvalue weighted by atomic mass is 19.1. The number of hydrogen-bond acceptors (Lipinski definition) is 5. The molecule has 2 atom stereocenters. The minimum atomic E-state index is -0.374. The van der Waals surface area contributed by atoms with Crippen LogP contribution in [0.25, 0.3) is 11.2 Å². The van der Waals surface area contributed by atoms with Gasteiger partial charge in [-0.3, -0.25) is 13.9 Å². The molecule has 182 valence electrons. The molecule has 34 heavy (non-hydrogen) atoms. The third-order valence-corrected chi connectivity index (χ3v) is 7.38. The summed E-state index contributed by atoms with van der Waals surface area (Å²) in [5.41, 5.74) is 1.14. The van der Waals surface area contributed by atoms with Gasteiger partial charge in [-0.15, -0.1) is 0 Å². The van der Waals surface area contributed by atoms with Crippen LogP contribution in [0.4, 0.5) is 10.3 Å². The molecule has 0 bridgehead atoms. The molecule has 1 aromatic carbocycles. The predicted octanol–water partition coefficient (Wildman–Crippen LogP) is 2.12. The summed E-state index contributed by atoms with van der Waals surface area (Å²) in [6, 6.07) is 6.54. The van der Waals surface area contributed by atoms with E-state index in [1.54, 1.807) is 19.2 Å². The quantitative estimate of drug-likeness (QED) is 0.575. The van der Waals surface area contributed by atoms with E-state index in [0.717, 1.165) is 44.0 Å². The van der Waals surface area contributed by atoms with Gasteiger partial charge in [-0.25, -0.2) is 9.18 Å². The van der Waals surface area contributed by atoms with Gasteiger partial charge in [0.2, 0.25) is 5.95 Å². The summed E-state index contributed by atoms with van der Waals surface area (Å²) in [7, 11) is 1.69. The van der Waals surface area contributed by atoms with Gasteiger partial charge in [0.05, 0.1) is 0 Å². The Labute approximate surface area is 198 Å². The van der Waals surface area contributed by atoms with Crippen LogP contribution in [0.3, 0.4) is 0 Å². The molecular formula is C25H33FN6O2.